The maximum Gasteiger partial charge on any atom is 0.276 e. The number of rotatable bonds is 7. The molecule has 26 heavy (non-hydrogen) atoms. The van der Waals surface area contributed by atoms with Gasteiger partial charge in [-0.3, -0.25) is 4.79 Å². The van der Waals surface area contributed by atoms with E-state index in [1.165, 1.54) is 0 Å². The Morgan fingerprint density at radius 3 is 2.69 bits per heavy atom. The summed E-state index contributed by atoms with van der Waals surface area (Å²) in [6.07, 6.45) is 2.42. The highest BCUT2D eigenvalue weighted by atomic mass is 16.2. The molecule has 0 fully saturated rings. The molecule has 134 valence electrons. The van der Waals surface area contributed by atoms with Gasteiger partial charge in [-0.15, -0.1) is 5.10 Å². The lowest BCUT2D eigenvalue weighted by atomic mass is 10.2. The standard InChI is InChI=1S/C20H23N5O/c1-16-7-5-10-18(13-16)25-15-19(22-23-25)20(26)24(12-6-11-21)14-17-8-3-2-4-9-17/h2-5,7-10,13,15H,6,11-12,14,21H2,1H3. The molecule has 0 aliphatic carbocycles. The van der Waals surface area contributed by atoms with Crippen molar-refractivity contribution < 1.29 is 4.79 Å². The van der Waals surface area contributed by atoms with Crippen LogP contribution in [0.4, 0.5) is 0 Å². The molecule has 0 saturated heterocycles. The van der Waals surface area contributed by atoms with Gasteiger partial charge < -0.3 is 10.6 Å². The van der Waals surface area contributed by atoms with E-state index >= 15 is 0 Å². The van der Waals surface area contributed by atoms with Gasteiger partial charge in [0.2, 0.25) is 0 Å². The van der Waals surface area contributed by atoms with Crippen LogP contribution in [0.3, 0.4) is 0 Å². The van der Waals surface area contributed by atoms with Crippen LogP contribution in [0.15, 0.2) is 60.8 Å². The van der Waals surface area contributed by atoms with E-state index in [2.05, 4.69) is 10.3 Å². The Balaban J connectivity index is 1.80. The summed E-state index contributed by atoms with van der Waals surface area (Å²) in [7, 11) is 0. The Kier molecular flexibility index (Phi) is 5.76. The molecule has 1 amide bonds. The van der Waals surface area contributed by atoms with Crippen molar-refractivity contribution >= 4 is 5.91 Å². The summed E-state index contributed by atoms with van der Waals surface area (Å²) < 4.78 is 1.63. The molecule has 6 heteroatoms. The Morgan fingerprint density at radius 2 is 1.96 bits per heavy atom. The van der Waals surface area contributed by atoms with Crippen LogP contribution in [0.1, 0.15) is 28.0 Å². The molecule has 0 saturated carbocycles. The van der Waals surface area contributed by atoms with E-state index in [9.17, 15) is 4.79 Å². The van der Waals surface area contributed by atoms with Crippen LogP contribution in [0.2, 0.25) is 0 Å². The molecular weight excluding hydrogens is 326 g/mol. The minimum Gasteiger partial charge on any atom is -0.333 e. The molecule has 0 aliphatic heterocycles. The van der Waals surface area contributed by atoms with Gasteiger partial charge in [0, 0.05) is 13.1 Å². The highest BCUT2D eigenvalue weighted by molar-refractivity contribution is 5.92. The van der Waals surface area contributed by atoms with Crippen molar-refractivity contribution in [2.75, 3.05) is 13.1 Å². The quantitative estimate of drug-likeness (QED) is 0.711. The number of aromatic nitrogens is 3. The molecule has 1 heterocycles. The zero-order valence-electron chi connectivity index (χ0n) is 14.9. The van der Waals surface area contributed by atoms with Gasteiger partial charge in [0.15, 0.2) is 5.69 Å². The molecular formula is C20H23N5O. The molecule has 2 aromatic carbocycles. The molecule has 0 unspecified atom stereocenters. The van der Waals surface area contributed by atoms with Crippen LogP contribution in [0.25, 0.3) is 5.69 Å². The summed E-state index contributed by atoms with van der Waals surface area (Å²) in [4.78, 5) is 14.7. The van der Waals surface area contributed by atoms with Gasteiger partial charge in [0.1, 0.15) is 0 Å². The van der Waals surface area contributed by atoms with Crippen LogP contribution in [0.5, 0.6) is 0 Å². The third-order valence-electron chi connectivity index (χ3n) is 4.11. The molecule has 1 aromatic heterocycles. The Labute approximate surface area is 153 Å². The molecule has 0 spiro atoms. The predicted molar refractivity (Wildman–Crippen MR) is 101 cm³/mol. The second-order valence-corrected chi connectivity index (χ2v) is 6.24. The third-order valence-corrected chi connectivity index (χ3v) is 4.11. The van der Waals surface area contributed by atoms with Crippen molar-refractivity contribution in [3.63, 3.8) is 0 Å². The molecule has 3 rings (SSSR count). The van der Waals surface area contributed by atoms with Gasteiger partial charge in [-0.1, -0.05) is 47.7 Å². The van der Waals surface area contributed by atoms with Gasteiger partial charge >= 0.3 is 0 Å². The smallest absolute Gasteiger partial charge is 0.276 e. The van der Waals surface area contributed by atoms with Gasteiger partial charge in [-0.25, -0.2) is 4.68 Å². The highest BCUT2D eigenvalue weighted by Crippen LogP contribution is 2.12. The molecule has 0 aliphatic rings. The largest absolute Gasteiger partial charge is 0.333 e. The fourth-order valence-electron chi connectivity index (χ4n) is 2.76. The average molecular weight is 349 g/mol. The number of nitrogens with two attached hydrogens (primary N) is 1. The van der Waals surface area contributed by atoms with Crippen molar-refractivity contribution in [3.8, 4) is 5.69 Å². The molecule has 3 aromatic rings. The first kappa shape index (κ1) is 17.8. The lowest BCUT2D eigenvalue weighted by Crippen LogP contribution is -2.32. The van der Waals surface area contributed by atoms with Gasteiger partial charge in [0.05, 0.1) is 11.9 Å². The predicted octanol–water partition coefficient (Wildman–Crippen LogP) is 2.57. The number of aryl methyl sites for hydroxylation is 1. The zero-order chi connectivity index (χ0) is 18.4. The van der Waals surface area contributed by atoms with E-state index in [1.807, 2.05) is 61.5 Å². The maximum absolute atomic E-state index is 12.9. The van der Waals surface area contributed by atoms with Crippen molar-refractivity contribution in [3.05, 3.63) is 77.6 Å². The summed E-state index contributed by atoms with van der Waals surface area (Å²) in [5.74, 6) is -0.138. The van der Waals surface area contributed by atoms with Crippen molar-refractivity contribution in [1.29, 1.82) is 0 Å². The topological polar surface area (TPSA) is 77.0 Å². The number of nitrogens with zero attached hydrogens (tertiary/aromatic N) is 4. The van der Waals surface area contributed by atoms with Crippen LogP contribution in [-0.4, -0.2) is 38.9 Å². The molecule has 0 atom stereocenters. The first-order valence-corrected chi connectivity index (χ1v) is 8.70. The fourth-order valence-corrected chi connectivity index (χ4v) is 2.76. The first-order valence-electron chi connectivity index (χ1n) is 8.70. The molecule has 2 N–H and O–H groups in total. The SMILES string of the molecule is Cc1cccc(-n2cc(C(=O)N(CCCN)Cc3ccccc3)nn2)c1. The minimum absolute atomic E-state index is 0.138. The summed E-state index contributed by atoms with van der Waals surface area (Å²) in [6.45, 7) is 3.66. The minimum atomic E-state index is -0.138. The third kappa shape index (κ3) is 4.34. The number of carbonyl (C=O) groups excluding carboxylic acids is 1. The van der Waals surface area contributed by atoms with E-state index in [-0.39, 0.29) is 5.91 Å². The Hall–Kier alpha value is -2.99. The highest BCUT2D eigenvalue weighted by Gasteiger charge is 2.19. The van der Waals surface area contributed by atoms with E-state index in [4.69, 9.17) is 5.73 Å². The number of amides is 1. The van der Waals surface area contributed by atoms with Gasteiger partial charge in [0.25, 0.3) is 5.91 Å². The second-order valence-electron chi connectivity index (χ2n) is 6.24. The Morgan fingerprint density at radius 1 is 1.15 bits per heavy atom. The normalized spacial score (nSPS) is 10.7. The Bertz CT molecular complexity index is 859. The van der Waals surface area contributed by atoms with E-state index in [0.29, 0.717) is 25.3 Å². The zero-order valence-corrected chi connectivity index (χ0v) is 14.9. The molecule has 6 nitrogen and oxygen atoms in total. The van der Waals surface area contributed by atoms with Gasteiger partial charge in [-0.2, -0.15) is 0 Å². The summed E-state index contributed by atoms with van der Waals surface area (Å²) >= 11 is 0. The van der Waals surface area contributed by atoms with Crippen molar-refractivity contribution in [1.82, 2.24) is 19.9 Å². The number of carbonyl (C=O) groups is 1. The van der Waals surface area contributed by atoms with Crippen LogP contribution in [-0.2, 0) is 6.54 Å². The second kappa shape index (κ2) is 8.40. The lowest BCUT2D eigenvalue weighted by Gasteiger charge is -2.21. The summed E-state index contributed by atoms with van der Waals surface area (Å²) in [6, 6.07) is 17.8. The summed E-state index contributed by atoms with van der Waals surface area (Å²) in [5, 5.41) is 8.20. The van der Waals surface area contributed by atoms with E-state index < -0.39 is 0 Å². The van der Waals surface area contributed by atoms with Crippen LogP contribution in [0, 0.1) is 6.92 Å². The first-order chi connectivity index (χ1) is 12.7. The van der Waals surface area contributed by atoms with E-state index in [1.54, 1.807) is 15.8 Å². The number of hydrogen-bond acceptors (Lipinski definition) is 4. The van der Waals surface area contributed by atoms with Crippen molar-refractivity contribution in [2.24, 2.45) is 5.73 Å². The fraction of sp³-hybridized carbons (Fsp3) is 0.250. The van der Waals surface area contributed by atoms with Crippen LogP contribution < -0.4 is 5.73 Å². The molecule has 0 radical (unpaired) electrons. The number of hydrogen-bond donors (Lipinski definition) is 1. The number of benzene rings is 2. The van der Waals surface area contributed by atoms with Crippen LogP contribution >= 0.6 is 0 Å². The average Bonchev–Trinajstić information content (AvgIpc) is 3.15. The van der Waals surface area contributed by atoms with E-state index in [0.717, 1.165) is 23.2 Å². The molecule has 0 bridgehead atoms. The summed E-state index contributed by atoms with van der Waals surface area (Å²) in [5.41, 5.74) is 9.05. The maximum atomic E-state index is 12.9. The lowest BCUT2D eigenvalue weighted by molar-refractivity contribution is 0.0736. The van der Waals surface area contributed by atoms with Crippen molar-refractivity contribution in [2.45, 2.75) is 19.9 Å². The monoisotopic (exact) mass is 349 g/mol. The van der Waals surface area contributed by atoms with Gasteiger partial charge in [-0.05, 0) is 43.1 Å².